The smallest absolute Gasteiger partial charge is 0.392 e. The Kier molecular flexibility index (Phi) is 8.45. The van der Waals surface area contributed by atoms with Gasteiger partial charge >= 0.3 is 11.9 Å². The molecule has 0 saturated carbocycles. The average molecular weight is 543 g/mol. The molecule has 1 aliphatic rings. The summed E-state index contributed by atoms with van der Waals surface area (Å²) in [5, 5.41) is 9.40. The maximum absolute atomic E-state index is 12.7. The Bertz CT molecular complexity index is 1400. The van der Waals surface area contributed by atoms with Gasteiger partial charge in [0.2, 0.25) is 0 Å². The number of benzene rings is 1. The molecule has 3 atom stereocenters. The molecular weight excluding hydrogens is 509 g/mol. The van der Waals surface area contributed by atoms with E-state index in [1.807, 2.05) is 12.1 Å². The lowest BCUT2D eigenvalue weighted by Gasteiger charge is -2.49. The standard InChI is InChI=1S/C28H33F3N6O2/c1-5-21-17-36(26-25-24(35(4)27(38)34-26)12-9-20(15-32)33-25)18(3)16-37(21)23(6-2)19-7-10-22(11-8-19)39-14-13-28(29,30)31/h7-12,18,21,23H,5-6,13-14,16-17H2,1-4H3/t18-,21+,23?/m0/s1. The van der Waals surface area contributed by atoms with E-state index in [-0.39, 0.29) is 29.5 Å². The van der Waals surface area contributed by atoms with E-state index in [1.54, 1.807) is 31.3 Å². The number of hydrogen-bond donors (Lipinski definition) is 0. The number of pyridine rings is 1. The number of anilines is 1. The minimum Gasteiger partial charge on any atom is -0.493 e. The summed E-state index contributed by atoms with van der Waals surface area (Å²) in [6, 6.07) is 12.9. The van der Waals surface area contributed by atoms with Gasteiger partial charge in [0.05, 0.1) is 18.5 Å². The zero-order valence-electron chi connectivity index (χ0n) is 22.6. The van der Waals surface area contributed by atoms with Crippen molar-refractivity contribution in [1.82, 2.24) is 19.4 Å². The van der Waals surface area contributed by atoms with Gasteiger partial charge in [-0.25, -0.2) is 9.78 Å². The molecule has 0 aliphatic carbocycles. The molecule has 11 heteroatoms. The molecule has 0 spiro atoms. The highest BCUT2D eigenvalue weighted by Crippen LogP contribution is 2.34. The third-order valence-corrected chi connectivity index (χ3v) is 7.38. The maximum Gasteiger partial charge on any atom is 0.392 e. The second kappa shape index (κ2) is 11.6. The van der Waals surface area contributed by atoms with Crippen LogP contribution in [0.1, 0.15) is 57.3 Å². The fourth-order valence-corrected chi connectivity index (χ4v) is 5.31. The first kappa shape index (κ1) is 28.4. The van der Waals surface area contributed by atoms with Gasteiger partial charge in [0, 0.05) is 38.3 Å². The van der Waals surface area contributed by atoms with Crippen molar-refractivity contribution in [3.63, 3.8) is 0 Å². The number of hydrogen-bond acceptors (Lipinski definition) is 7. The average Bonchev–Trinajstić information content (AvgIpc) is 2.91. The summed E-state index contributed by atoms with van der Waals surface area (Å²) in [5.74, 6) is 0.903. The van der Waals surface area contributed by atoms with Gasteiger partial charge in [0.1, 0.15) is 23.0 Å². The molecule has 0 radical (unpaired) electrons. The van der Waals surface area contributed by atoms with Gasteiger partial charge in [0.15, 0.2) is 5.82 Å². The lowest BCUT2D eigenvalue weighted by atomic mass is 9.96. The lowest BCUT2D eigenvalue weighted by Crippen LogP contribution is -2.58. The summed E-state index contributed by atoms with van der Waals surface area (Å²) in [6.45, 7) is 7.25. The number of piperazine rings is 1. The molecular formula is C28H33F3N6O2. The number of nitrogens with zero attached hydrogens (tertiary/aromatic N) is 6. The summed E-state index contributed by atoms with van der Waals surface area (Å²) >= 11 is 0. The van der Waals surface area contributed by atoms with Crippen molar-refractivity contribution in [3.8, 4) is 11.8 Å². The van der Waals surface area contributed by atoms with Crippen molar-refractivity contribution in [3.05, 3.63) is 58.1 Å². The van der Waals surface area contributed by atoms with Crippen LogP contribution in [-0.4, -0.2) is 57.4 Å². The Morgan fingerprint density at radius 3 is 2.46 bits per heavy atom. The largest absolute Gasteiger partial charge is 0.493 e. The van der Waals surface area contributed by atoms with Gasteiger partial charge in [-0.15, -0.1) is 0 Å². The molecule has 0 amide bonds. The molecule has 208 valence electrons. The third kappa shape index (κ3) is 6.17. The van der Waals surface area contributed by atoms with Gasteiger partial charge in [-0.05, 0) is 49.6 Å². The highest BCUT2D eigenvalue weighted by molar-refractivity contribution is 5.86. The Hall–Kier alpha value is -3.65. The molecule has 2 aromatic heterocycles. The van der Waals surface area contributed by atoms with Crippen LogP contribution in [0.25, 0.3) is 11.0 Å². The zero-order valence-corrected chi connectivity index (χ0v) is 22.6. The Balaban J connectivity index is 1.58. The highest BCUT2D eigenvalue weighted by atomic mass is 19.4. The second-order valence-corrected chi connectivity index (χ2v) is 9.92. The van der Waals surface area contributed by atoms with E-state index < -0.39 is 19.2 Å². The normalized spacial score (nSPS) is 19.2. The van der Waals surface area contributed by atoms with Crippen molar-refractivity contribution in [1.29, 1.82) is 5.26 Å². The summed E-state index contributed by atoms with van der Waals surface area (Å²) in [6.07, 6.45) is -3.53. The van der Waals surface area contributed by atoms with Crippen molar-refractivity contribution >= 4 is 16.9 Å². The second-order valence-electron chi connectivity index (χ2n) is 9.92. The first-order valence-corrected chi connectivity index (χ1v) is 13.2. The summed E-state index contributed by atoms with van der Waals surface area (Å²) in [4.78, 5) is 26.2. The van der Waals surface area contributed by atoms with Crippen molar-refractivity contribution in [2.45, 2.75) is 64.3 Å². The maximum atomic E-state index is 12.7. The molecule has 3 heterocycles. The van der Waals surface area contributed by atoms with Gasteiger partial charge in [-0.2, -0.15) is 23.4 Å². The molecule has 3 aromatic rings. The van der Waals surface area contributed by atoms with Gasteiger partial charge in [-0.1, -0.05) is 26.0 Å². The SMILES string of the molecule is CCC(c1ccc(OCCC(F)(F)F)cc1)N1C[C@H](C)N(c2nc(=O)n(C)c3ccc(C#N)nc23)C[C@H]1CC. The highest BCUT2D eigenvalue weighted by Gasteiger charge is 2.36. The topological polar surface area (TPSA) is 87.3 Å². The Morgan fingerprint density at radius 2 is 1.85 bits per heavy atom. The number of aryl methyl sites for hydroxylation is 1. The predicted molar refractivity (Wildman–Crippen MR) is 143 cm³/mol. The van der Waals surface area contributed by atoms with E-state index in [2.05, 4.69) is 46.6 Å². The van der Waals surface area contributed by atoms with Crippen LogP contribution in [0.5, 0.6) is 5.75 Å². The van der Waals surface area contributed by atoms with E-state index in [4.69, 9.17) is 4.74 Å². The number of alkyl halides is 3. The zero-order chi connectivity index (χ0) is 28.3. The van der Waals surface area contributed by atoms with E-state index >= 15 is 0 Å². The molecule has 1 unspecified atom stereocenters. The molecule has 4 rings (SSSR count). The number of nitriles is 1. The molecule has 1 saturated heterocycles. The quantitative estimate of drug-likeness (QED) is 0.397. The molecule has 0 bridgehead atoms. The first-order chi connectivity index (χ1) is 18.6. The van der Waals surface area contributed by atoms with E-state index in [0.29, 0.717) is 35.7 Å². The molecule has 0 N–H and O–H groups in total. The number of rotatable bonds is 8. The van der Waals surface area contributed by atoms with Gasteiger partial charge in [-0.3, -0.25) is 9.47 Å². The van der Waals surface area contributed by atoms with E-state index in [1.165, 1.54) is 4.57 Å². The number of aromatic nitrogens is 3. The summed E-state index contributed by atoms with van der Waals surface area (Å²) in [5.41, 5.74) is 2.10. The van der Waals surface area contributed by atoms with E-state index in [9.17, 15) is 23.2 Å². The lowest BCUT2D eigenvalue weighted by molar-refractivity contribution is -0.139. The number of ether oxygens (including phenoxy) is 1. The van der Waals surface area contributed by atoms with Crippen LogP contribution < -0.4 is 15.3 Å². The minimum atomic E-state index is -4.25. The van der Waals surface area contributed by atoms with Crippen LogP contribution >= 0.6 is 0 Å². The summed E-state index contributed by atoms with van der Waals surface area (Å²) in [7, 11) is 1.64. The molecule has 39 heavy (non-hydrogen) atoms. The fraction of sp³-hybridized carbons (Fsp3) is 0.500. The minimum absolute atomic E-state index is 0.00201. The van der Waals surface area contributed by atoms with Crippen LogP contribution in [0.2, 0.25) is 0 Å². The van der Waals surface area contributed by atoms with Crippen LogP contribution in [0.3, 0.4) is 0 Å². The third-order valence-electron chi connectivity index (χ3n) is 7.38. The fourth-order valence-electron chi connectivity index (χ4n) is 5.31. The van der Waals surface area contributed by atoms with Crippen molar-refractivity contribution in [2.24, 2.45) is 7.05 Å². The molecule has 1 fully saturated rings. The monoisotopic (exact) mass is 542 g/mol. The predicted octanol–water partition coefficient (Wildman–Crippen LogP) is 4.97. The number of fused-ring (bicyclic) bond motifs is 1. The van der Waals surface area contributed by atoms with Crippen molar-refractivity contribution in [2.75, 3.05) is 24.6 Å². The van der Waals surface area contributed by atoms with Crippen molar-refractivity contribution < 1.29 is 17.9 Å². The van der Waals surface area contributed by atoms with E-state index in [0.717, 1.165) is 18.4 Å². The van der Waals surface area contributed by atoms with Gasteiger partial charge < -0.3 is 9.64 Å². The van der Waals surface area contributed by atoms with Crippen LogP contribution in [0, 0.1) is 11.3 Å². The molecule has 1 aromatic carbocycles. The molecule has 8 nitrogen and oxygen atoms in total. The Morgan fingerprint density at radius 1 is 1.13 bits per heavy atom. The van der Waals surface area contributed by atoms with Crippen LogP contribution in [-0.2, 0) is 7.05 Å². The number of halogens is 3. The van der Waals surface area contributed by atoms with Gasteiger partial charge in [0.25, 0.3) is 0 Å². The Labute approximate surface area is 225 Å². The first-order valence-electron chi connectivity index (χ1n) is 13.2. The van der Waals surface area contributed by atoms with Crippen LogP contribution in [0.15, 0.2) is 41.2 Å². The summed E-state index contributed by atoms with van der Waals surface area (Å²) < 4.78 is 44.0. The molecule has 1 aliphatic heterocycles. The van der Waals surface area contributed by atoms with Crippen LogP contribution in [0.4, 0.5) is 19.0 Å².